The minimum atomic E-state index is -3.21. The summed E-state index contributed by atoms with van der Waals surface area (Å²) in [5, 5.41) is 51.4. The molecule has 0 bridgehead atoms. The van der Waals surface area contributed by atoms with E-state index in [2.05, 4.69) is 0 Å². The van der Waals surface area contributed by atoms with Crippen LogP contribution in [0.5, 0.6) is 23.0 Å². The predicted octanol–water partition coefficient (Wildman–Crippen LogP) is 2.07. The van der Waals surface area contributed by atoms with Crippen LogP contribution in [0.15, 0.2) is 42.0 Å². The molecule has 0 radical (unpaired) electrons. The van der Waals surface area contributed by atoms with Gasteiger partial charge in [-0.15, -0.1) is 0 Å². The van der Waals surface area contributed by atoms with Gasteiger partial charge in [0.25, 0.3) is 5.79 Å². The molecule has 1 atom stereocenters. The van der Waals surface area contributed by atoms with Crippen molar-refractivity contribution in [3.05, 3.63) is 58.7 Å². The first-order chi connectivity index (χ1) is 13.5. The molecule has 2 aromatic rings. The molecular formula is C21H22O8. The Kier molecular flexibility index (Phi) is 5.04. The van der Waals surface area contributed by atoms with E-state index in [4.69, 9.17) is 9.47 Å². The van der Waals surface area contributed by atoms with Crippen molar-refractivity contribution >= 4 is 5.78 Å². The maximum Gasteiger partial charge on any atom is 0.301 e. The summed E-state index contributed by atoms with van der Waals surface area (Å²) < 4.78 is 11.0. The molecular weight excluding hydrogens is 380 g/mol. The number of hydrogen-bond acceptors (Lipinski definition) is 8. The maximum atomic E-state index is 12.8. The first kappa shape index (κ1) is 20.7. The highest BCUT2D eigenvalue weighted by Crippen LogP contribution is 2.49. The summed E-state index contributed by atoms with van der Waals surface area (Å²) in [5.41, 5.74) is 1.00. The van der Waals surface area contributed by atoms with Gasteiger partial charge in [-0.2, -0.15) is 0 Å². The maximum absolute atomic E-state index is 12.8. The van der Waals surface area contributed by atoms with E-state index in [1.807, 2.05) is 19.9 Å². The summed E-state index contributed by atoms with van der Waals surface area (Å²) in [5.74, 6) is -8.27. The number of rotatable bonds is 4. The zero-order valence-electron chi connectivity index (χ0n) is 16.1. The van der Waals surface area contributed by atoms with Crippen LogP contribution in [0, 0.1) is 0 Å². The Morgan fingerprint density at radius 3 is 2.41 bits per heavy atom. The molecule has 1 aliphatic heterocycles. The lowest BCUT2D eigenvalue weighted by molar-refractivity contribution is -0.338. The van der Waals surface area contributed by atoms with E-state index >= 15 is 0 Å². The molecule has 8 heteroatoms. The summed E-state index contributed by atoms with van der Waals surface area (Å²) in [6, 6.07) is 6.02. The quantitative estimate of drug-likeness (QED) is 0.387. The monoisotopic (exact) mass is 402 g/mol. The average molecular weight is 402 g/mol. The fourth-order valence-corrected chi connectivity index (χ4v) is 3.27. The lowest BCUT2D eigenvalue weighted by Crippen LogP contribution is -2.63. The van der Waals surface area contributed by atoms with Gasteiger partial charge < -0.3 is 35.0 Å². The summed E-state index contributed by atoms with van der Waals surface area (Å²) in [6.07, 6.45) is 2.21. The van der Waals surface area contributed by atoms with E-state index < -0.39 is 34.4 Å². The van der Waals surface area contributed by atoms with E-state index in [-0.39, 0.29) is 17.1 Å². The van der Waals surface area contributed by atoms with Gasteiger partial charge in [0.15, 0.2) is 0 Å². The summed E-state index contributed by atoms with van der Waals surface area (Å²) in [6.45, 7) is 3.78. The van der Waals surface area contributed by atoms with Gasteiger partial charge in [0.05, 0.1) is 0 Å². The zero-order chi connectivity index (χ0) is 21.6. The van der Waals surface area contributed by atoms with E-state index in [0.29, 0.717) is 12.0 Å². The van der Waals surface area contributed by atoms with Crippen LogP contribution in [-0.4, -0.2) is 44.2 Å². The van der Waals surface area contributed by atoms with Crippen LogP contribution in [0.3, 0.4) is 0 Å². The Morgan fingerprint density at radius 1 is 1.10 bits per heavy atom. The number of phenolic OH excluding ortho intramolecular Hbond substituents is 3. The van der Waals surface area contributed by atoms with Crippen molar-refractivity contribution in [3.8, 4) is 23.0 Å². The molecule has 3 rings (SSSR count). The predicted molar refractivity (Wildman–Crippen MR) is 102 cm³/mol. The topological polar surface area (TPSA) is 137 Å². The van der Waals surface area contributed by atoms with Gasteiger partial charge in [-0.3, -0.25) is 4.79 Å². The fraction of sp³-hybridized carbons (Fsp3) is 0.286. The van der Waals surface area contributed by atoms with Crippen molar-refractivity contribution in [1.82, 2.24) is 0 Å². The highest BCUT2D eigenvalue weighted by molar-refractivity contribution is 6.07. The molecule has 5 N–H and O–H groups in total. The van der Waals surface area contributed by atoms with E-state index in [1.165, 1.54) is 18.2 Å². The normalized spacial score (nSPS) is 20.0. The Bertz CT molecular complexity index is 1000. The Morgan fingerprint density at radius 2 is 1.79 bits per heavy atom. The van der Waals surface area contributed by atoms with Crippen molar-refractivity contribution in [2.75, 3.05) is 7.11 Å². The van der Waals surface area contributed by atoms with Gasteiger partial charge in [-0.05, 0) is 44.0 Å². The lowest BCUT2D eigenvalue weighted by atomic mass is 9.85. The largest absolute Gasteiger partial charge is 0.508 e. The highest BCUT2D eigenvalue weighted by Gasteiger charge is 2.64. The second kappa shape index (κ2) is 7.07. The molecule has 1 unspecified atom stereocenters. The van der Waals surface area contributed by atoms with Crippen LogP contribution in [0.4, 0.5) is 0 Å². The van der Waals surface area contributed by atoms with Gasteiger partial charge in [-0.25, -0.2) is 0 Å². The first-order valence-electron chi connectivity index (χ1n) is 8.79. The Labute approximate surface area is 166 Å². The van der Waals surface area contributed by atoms with Crippen LogP contribution >= 0.6 is 0 Å². The first-order valence-corrected chi connectivity index (χ1v) is 8.79. The number of benzene rings is 2. The van der Waals surface area contributed by atoms with Gasteiger partial charge >= 0.3 is 5.79 Å². The number of ether oxygens (including phenoxy) is 2. The molecule has 0 aliphatic carbocycles. The second-order valence-electron chi connectivity index (χ2n) is 7.09. The van der Waals surface area contributed by atoms with Crippen LogP contribution in [0.2, 0.25) is 0 Å². The number of allylic oxidation sites excluding steroid dienone is 2. The van der Waals surface area contributed by atoms with E-state index in [0.717, 1.165) is 24.8 Å². The van der Waals surface area contributed by atoms with Gasteiger partial charge in [0.2, 0.25) is 5.78 Å². The van der Waals surface area contributed by atoms with Crippen molar-refractivity contribution in [1.29, 1.82) is 0 Å². The lowest BCUT2D eigenvalue weighted by Gasteiger charge is -2.44. The second-order valence-corrected chi connectivity index (χ2v) is 7.09. The molecule has 0 amide bonds. The molecule has 0 saturated carbocycles. The molecule has 2 aromatic carbocycles. The van der Waals surface area contributed by atoms with Gasteiger partial charge in [0.1, 0.15) is 28.6 Å². The van der Waals surface area contributed by atoms with Crippen molar-refractivity contribution in [2.24, 2.45) is 0 Å². The minimum absolute atomic E-state index is 0.0307. The van der Waals surface area contributed by atoms with Crippen LogP contribution in [-0.2, 0) is 16.9 Å². The van der Waals surface area contributed by atoms with Gasteiger partial charge in [0, 0.05) is 24.8 Å². The molecule has 0 saturated heterocycles. The number of fused-ring (bicyclic) bond motifs is 1. The summed E-state index contributed by atoms with van der Waals surface area (Å²) in [7, 11) is 1.12. The third-order valence-corrected chi connectivity index (χ3v) is 4.80. The van der Waals surface area contributed by atoms with E-state index in [9.17, 15) is 30.3 Å². The van der Waals surface area contributed by atoms with Crippen LogP contribution < -0.4 is 4.74 Å². The van der Waals surface area contributed by atoms with Crippen molar-refractivity contribution in [2.45, 2.75) is 31.8 Å². The number of carbonyl (C=O) groups is 1. The SMILES string of the molecule is COC1(c2ccc(O)c(CC=C(C)C)c2)Oc2cc(O)cc(O)c2C(=O)C1(O)O. The molecule has 29 heavy (non-hydrogen) atoms. The minimum Gasteiger partial charge on any atom is -0.508 e. The molecule has 1 heterocycles. The molecule has 0 aromatic heterocycles. The van der Waals surface area contributed by atoms with E-state index in [1.54, 1.807) is 0 Å². The van der Waals surface area contributed by atoms with Crippen LogP contribution in [0.1, 0.15) is 35.3 Å². The Balaban J connectivity index is 2.22. The standard InChI is InChI=1S/C21H22O8/c1-11(2)4-5-12-8-13(6-7-15(12)23)21(28-3)20(26,27)19(25)18-16(24)9-14(22)10-17(18)29-21/h4,6-10,22-24,26-27H,5H2,1-3H3. The third-order valence-electron chi connectivity index (χ3n) is 4.80. The molecule has 0 spiro atoms. The van der Waals surface area contributed by atoms with Crippen molar-refractivity contribution < 1.29 is 39.8 Å². The van der Waals surface area contributed by atoms with Gasteiger partial charge in [-0.1, -0.05) is 11.6 Å². The molecule has 0 fully saturated rings. The number of aromatic hydroxyl groups is 3. The summed E-state index contributed by atoms with van der Waals surface area (Å²) in [4.78, 5) is 12.8. The molecule has 154 valence electrons. The number of methoxy groups -OCH3 is 1. The average Bonchev–Trinajstić information content (AvgIpc) is 2.63. The number of Topliss-reactive ketones (excluding diaryl/α,β-unsaturated/α-hetero) is 1. The third kappa shape index (κ3) is 3.21. The van der Waals surface area contributed by atoms with Crippen LogP contribution in [0.25, 0.3) is 0 Å². The number of carbonyl (C=O) groups excluding carboxylic acids is 1. The molecule has 1 aliphatic rings. The smallest absolute Gasteiger partial charge is 0.301 e. The van der Waals surface area contributed by atoms with Crippen molar-refractivity contribution in [3.63, 3.8) is 0 Å². The Hall–Kier alpha value is -3.07. The number of hydrogen-bond donors (Lipinski definition) is 5. The summed E-state index contributed by atoms with van der Waals surface area (Å²) >= 11 is 0. The zero-order valence-corrected chi connectivity index (χ0v) is 16.1. The number of phenols is 3. The number of aliphatic hydroxyl groups is 2. The molecule has 8 nitrogen and oxygen atoms in total. The number of ketones is 1. The highest BCUT2D eigenvalue weighted by atomic mass is 16.7. The fourth-order valence-electron chi connectivity index (χ4n) is 3.27.